The molecule has 2 aliphatic rings. The van der Waals surface area contributed by atoms with Crippen molar-refractivity contribution < 1.29 is 8.42 Å². The predicted octanol–water partition coefficient (Wildman–Crippen LogP) is 5.45. The lowest BCUT2D eigenvalue weighted by Gasteiger charge is -2.19. The monoisotopic (exact) mass is 416 g/mol. The molecule has 4 nitrogen and oxygen atoms in total. The number of sulfonamides is 1. The molecule has 3 N–H and O–H groups in total. The van der Waals surface area contributed by atoms with Crippen LogP contribution in [0.4, 0.5) is 0 Å². The number of nitrogens with one attached hydrogen (secondary N) is 1. The van der Waals surface area contributed by atoms with Crippen molar-refractivity contribution in [1.29, 1.82) is 0 Å². The van der Waals surface area contributed by atoms with Crippen molar-refractivity contribution in [2.75, 3.05) is 5.75 Å². The normalized spacial score (nSPS) is 28.4. The molecule has 0 aromatic heterocycles. The van der Waals surface area contributed by atoms with Gasteiger partial charge in [-0.15, -0.1) is 11.8 Å². The van der Waals surface area contributed by atoms with E-state index in [0.717, 1.165) is 44.3 Å². The van der Waals surface area contributed by atoms with Gasteiger partial charge in [-0.1, -0.05) is 76.7 Å². The highest BCUT2D eigenvalue weighted by Crippen LogP contribution is 2.29. The molecule has 1 aliphatic carbocycles. The lowest BCUT2D eigenvalue weighted by molar-refractivity contribution is 0.452. The average molecular weight is 417 g/mol. The first-order valence-corrected chi connectivity index (χ1v) is 13.7. The summed E-state index contributed by atoms with van der Waals surface area (Å²) in [5.41, 5.74) is 6.23. The molecule has 1 heterocycles. The minimum atomic E-state index is -3.30. The zero-order valence-corrected chi connectivity index (χ0v) is 18.6. The maximum Gasteiger partial charge on any atom is 0.246 e. The van der Waals surface area contributed by atoms with E-state index in [1.807, 2.05) is 6.08 Å². The lowest BCUT2D eigenvalue weighted by Crippen LogP contribution is -2.35. The van der Waals surface area contributed by atoms with Crippen LogP contribution in [0, 0.1) is 0 Å². The van der Waals surface area contributed by atoms with E-state index in [4.69, 9.17) is 5.73 Å². The Morgan fingerprint density at radius 1 is 0.815 bits per heavy atom. The molecular formula is C21H40N2O2S2. The van der Waals surface area contributed by atoms with Crippen LogP contribution in [0.3, 0.4) is 0 Å². The van der Waals surface area contributed by atoms with Crippen LogP contribution < -0.4 is 10.5 Å². The topological polar surface area (TPSA) is 72.2 Å². The highest BCUT2D eigenvalue weighted by Gasteiger charge is 2.24. The summed E-state index contributed by atoms with van der Waals surface area (Å²) in [7, 11) is -3.30. The van der Waals surface area contributed by atoms with Crippen molar-refractivity contribution >= 4 is 21.8 Å². The van der Waals surface area contributed by atoms with E-state index in [1.165, 1.54) is 76.0 Å². The molecule has 2 atom stereocenters. The molecule has 0 spiro atoms. The highest BCUT2D eigenvalue weighted by atomic mass is 32.3. The Balaban J connectivity index is 1.83. The molecule has 158 valence electrons. The smallest absolute Gasteiger partial charge is 0.246 e. The van der Waals surface area contributed by atoms with Crippen LogP contribution in [0.1, 0.15) is 103 Å². The summed E-state index contributed by atoms with van der Waals surface area (Å²) < 4.78 is 28.8. The molecular weight excluding hydrogens is 376 g/mol. The zero-order valence-electron chi connectivity index (χ0n) is 17.0. The van der Waals surface area contributed by atoms with Gasteiger partial charge in [0.1, 0.15) is 4.24 Å². The maximum atomic E-state index is 12.6. The molecule has 1 saturated carbocycles. The first kappa shape index (κ1) is 23.2. The quantitative estimate of drug-likeness (QED) is 0.642. The molecule has 0 aromatic rings. The van der Waals surface area contributed by atoms with Crippen LogP contribution in [0.5, 0.6) is 0 Å². The number of allylic oxidation sites excluding steroid dienone is 1. The molecule has 2 unspecified atom stereocenters. The number of rotatable bonds is 3. The van der Waals surface area contributed by atoms with Gasteiger partial charge >= 0.3 is 0 Å². The molecule has 27 heavy (non-hydrogen) atoms. The van der Waals surface area contributed by atoms with Gasteiger partial charge in [-0.25, -0.2) is 13.1 Å². The minimum Gasteiger partial charge on any atom is -0.328 e. The van der Waals surface area contributed by atoms with Crippen molar-refractivity contribution in [2.24, 2.45) is 5.73 Å². The minimum absolute atomic E-state index is 0.0926. The summed E-state index contributed by atoms with van der Waals surface area (Å²) in [5.74, 6) is 0.892. The molecule has 1 aliphatic heterocycles. The largest absolute Gasteiger partial charge is 0.328 e. The number of nitrogens with two attached hydrogens (primary N) is 1. The van der Waals surface area contributed by atoms with E-state index >= 15 is 0 Å². The van der Waals surface area contributed by atoms with E-state index in [1.54, 1.807) is 0 Å². The Labute approximate surface area is 171 Å². The summed E-state index contributed by atoms with van der Waals surface area (Å²) in [4.78, 5) is 0. The van der Waals surface area contributed by atoms with Gasteiger partial charge in [-0.05, 0) is 32.1 Å². The van der Waals surface area contributed by atoms with Gasteiger partial charge in [0.05, 0.1) is 0 Å². The molecule has 0 bridgehead atoms. The van der Waals surface area contributed by atoms with Gasteiger partial charge in [0, 0.05) is 17.8 Å². The third-order valence-electron chi connectivity index (χ3n) is 5.76. The van der Waals surface area contributed by atoms with Gasteiger partial charge in [0.2, 0.25) is 10.0 Å². The van der Waals surface area contributed by atoms with Crippen LogP contribution >= 0.6 is 11.8 Å². The Bertz CT molecular complexity index is 534. The van der Waals surface area contributed by atoms with Gasteiger partial charge in [0.25, 0.3) is 0 Å². The van der Waals surface area contributed by atoms with E-state index in [9.17, 15) is 8.42 Å². The van der Waals surface area contributed by atoms with Crippen molar-refractivity contribution in [3.8, 4) is 0 Å². The Hall–Kier alpha value is -0.0400. The third kappa shape index (κ3) is 9.82. The Morgan fingerprint density at radius 3 is 1.78 bits per heavy atom. The SMILES string of the molecule is NC1CCCCCCCCCC(NS(=O)(=O)C2=CCCS2)CCCCCC1. The standard InChI is InChI=1S/C21H40N2O2S2/c22-19-13-8-4-2-1-3-5-10-15-20(16-11-7-6-9-14-19)23-27(24,25)21-17-12-18-26-21/h17,19-20,23H,1-16,18,22H2. The van der Waals surface area contributed by atoms with Crippen molar-refractivity contribution in [3.63, 3.8) is 0 Å². The predicted molar refractivity (Wildman–Crippen MR) is 118 cm³/mol. The summed E-state index contributed by atoms with van der Waals surface area (Å²) >= 11 is 1.47. The maximum absolute atomic E-state index is 12.6. The second-order valence-corrected chi connectivity index (χ2v) is 11.4. The lowest BCUT2D eigenvalue weighted by atomic mass is 10.0. The molecule has 0 aromatic carbocycles. The molecule has 6 heteroatoms. The molecule has 0 amide bonds. The number of hydrogen-bond acceptors (Lipinski definition) is 4. The van der Waals surface area contributed by atoms with Crippen molar-refractivity contribution in [1.82, 2.24) is 4.72 Å². The Kier molecular flexibility index (Phi) is 11.4. The first-order chi connectivity index (χ1) is 13.1. The number of thioether (sulfide) groups is 1. The first-order valence-electron chi connectivity index (χ1n) is 11.2. The molecule has 0 saturated heterocycles. The van der Waals surface area contributed by atoms with Crippen LogP contribution in [0.25, 0.3) is 0 Å². The summed E-state index contributed by atoms with van der Waals surface area (Å²) in [6.45, 7) is 0. The van der Waals surface area contributed by atoms with E-state index in [-0.39, 0.29) is 6.04 Å². The molecule has 2 rings (SSSR count). The fourth-order valence-electron chi connectivity index (χ4n) is 4.10. The van der Waals surface area contributed by atoms with E-state index < -0.39 is 10.0 Å². The molecule has 1 fully saturated rings. The highest BCUT2D eigenvalue weighted by molar-refractivity contribution is 8.18. The summed E-state index contributed by atoms with van der Waals surface area (Å²) in [6, 6.07) is 0.465. The summed E-state index contributed by atoms with van der Waals surface area (Å²) in [5, 5.41) is 0. The van der Waals surface area contributed by atoms with Crippen molar-refractivity contribution in [2.45, 2.75) is 115 Å². The Morgan fingerprint density at radius 2 is 1.30 bits per heavy atom. The summed E-state index contributed by atoms with van der Waals surface area (Å²) in [6.07, 6.45) is 20.5. The van der Waals surface area contributed by atoms with Crippen LogP contribution in [0.15, 0.2) is 10.3 Å². The number of hydrogen-bond donors (Lipinski definition) is 2. The third-order valence-corrected chi connectivity index (χ3v) is 9.01. The van der Waals surface area contributed by atoms with E-state index in [2.05, 4.69) is 4.72 Å². The van der Waals surface area contributed by atoms with Gasteiger partial charge in [-0.2, -0.15) is 0 Å². The van der Waals surface area contributed by atoms with Crippen LogP contribution in [0.2, 0.25) is 0 Å². The second kappa shape index (κ2) is 13.2. The average Bonchev–Trinajstić information content (AvgIpc) is 3.17. The fraction of sp³-hybridized carbons (Fsp3) is 0.905. The van der Waals surface area contributed by atoms with Crippen LogP contribution in [-0.4, -0.2) is 26.3 Å². The van der Waals surface area contributed by atoms with Gasteiger partial charge < -0.3 is 5.73 Å². The van der Waals surface area contributed by atoms with E-state index in [0.29, 0.717) is 10.3 Å². The molecule has 0 radical (unpaired) electrons. The zero-order chi connectivity index (χ0) is 19.4. The van der Waals surface area contributed by atoms with Crippen molar-refractivity contribution in [3.05, 3.63) is 10.3 Å². The van der Waals surface area contributed by atoms with Crippen LogP contribution in [-0.2, 0) is 10.0 Å². The van der Waals surface area contributed by atoms with Gasteiger partial charge in [-0.3, -0.25) is 0 Å². The fourth-order valence-corrected chi connectivity index (χ4v) is 6.91. The van der Waals surface area contributed by atoms with Gasteiger partial charge in [0.15, 0.2) is 0 Å². The second-order valence-electron chi connectivity index (χ2n) is 8.28.